The van der Waals surface area contributed by atoms with Crippen LogP contribution in [0.25, 0.3) is 0 Å². The van der Waals surface area contributed by atoms with Crippen LogP contribution in [0.2, 0.25) is 0 Å². The van der Waals surface area contributed by atoms with Gasteiger partial charge in [0.25, 0.3) is 0 Å². The summed E-state index contributed by atoms with van der Waals surface area (Å²) in [7, 11) is 0. The van der Waals surface area contributed by atoms with Gasteiger partial charge in [0.2, 0.25) is 0 Å². The third-order valence-electron chi connectivity index (χ3n) is 4.64. The second-order valence-corrected chi connectivity index (χ2v) is 6.60. The summed E-state index contributed by atoms with van der Waals surface area (Å²) in [5.74, 6) is 0.991. The number of nitrogens with one attached hydrogen (secondary N) is 1. The minimum Gasteiger partial charge on any atom is -0.374 e. The van der Waals surface area contributed by atoms with Gasteiger partial charge in [-0.1, -0.05) is 0 Å². The summed E-state index contributed by atoms with van der Waals surface area (Å²) in [5, 5.41) is 3.63. The molecule has 3 heteroatoms. The van der Waals surface area contributed by atoms with Crippen molar-refractivity contribution in [1.82, 2.24) is 10.2 Å². The van der Waals surface area contributed by atoms with E-state index in [-0.39, 0.29) is 0 Å². The standard InChI is InChI=1S/C15H28N2O/c1-12-4-7-15(18-12)11-17(9-13-5-6-13)10-14-3-2-8-16-14/h12-16H,2-11H2,1H3. The van der Waals surface area contributed by atoms with Crippen LogP contribution in [0.1, 0.15) is 45.4 Å². The maximum Gasteiger partial charge on any atom is 0.0706 e. The molecule has 0 bridgehead atoms. The zero-order valence-electron chi connectivity index (χ0n) is 11.7. The largest absolute Gasteiger partial charge is 0.374 e. The molecule has 1 aliphatic carbocycles. The molecule has 0 radical (unpaired) electrons. The van der Waals surface area contributed by atoms with Gasteiger partial charge in [-0.2, -0.15) is 0 Å². The predicted molar refractivity (Wildman–Crippen MR) is 73.8 cm³/mol. The van der Waals surface area contributed by atoms with E-state index in [4.69, 9.17) is 4.74 Å². The van der Waals surface area contributed by atoms with Gasteiger partial charge in [0.1, 0.15) is 0 Å². The SMILES string of the molecule is CC1CCC(CN(CC2CC2)CC2CCCN2)O1. The molecule has 0 aromatic heterocycles. The maximum atomic E-state index is 6.00. The van der Waals surface area contributed by atoms with E-state index >= 15 is 0 Å². The molecule has 3 nitrogen and oxygen atoms in total. The summed E-state index contributed by atoms with van der Waals surface area (Å²) in [5.41, 5.74) is 0. The van der Waals surface area contributed by atoms with Gasteiger partial charge in [-0.25, -0.2) is 0 Å². The first-order chi connectivity index (χ1) is 8.79. The molecule has 3 rings (SSSR count). The fraction of sp³-hybridized carbons (Fsp3) is 1.00. The summed E-state index contributed by atoms with van der Waals surface area (Å²) in [6, 6.07) is 0.738. The van der Waals surface area contributed by atoms with Crippen LogP contribution in [0.4, 0.5) is 0 Å². The Labute approximate surface area is 111 Å². The Balaban J connectivity index is 1.47. The molecule has 1 N–H and O–H groups in total. The Morgan fingerprint density at radius 1 is 1.06 bits per heavy atom. The average molecular weight is 252 g/mol. The highest BCUT2D eigenvalue weighted by Gasteiger charge is 2.30. The third kappa shape index (κ3) is 3.69. The van der Waals surface area contributed by atoms with Crippen molar-refractivity contribution in [2.45, 2.75) is 63.7 Å². The van der Waals surface area contributed by atoms with Gasteiger partial charge < -0.3 is 10.1 Å². The molecular formula is C15H28N2O. The van der Waals surface area contributed by atoms with Crippen LogP contribution in [0.3, 0.4) is 0 Å². The highest BCUT2D eigenvalue weighted by Crippen LogP contribution is 2.30. The summed E-state index contributed by atoms with van der Waals surface area (Å²) in [6.07, 6.45) is 9.14. The molecule has 2 aliphatic heterocycles. The van der Waals surface area contributed by atoms with E-state index < -0.39 is 0 Å². The average Bonchev–Trinajstić information content (AvgIpc) is 2.84. The minimum absolute atomic E-state index is 0.488. The number of ether oxygens (including phenoxy) is 1. The van der Waals surface area contributed by atoms with E-state index in [1.54, 1.807) is 0 Å². The van der Waals surface area contributed by atoms with Crippen molar-refractivity contribution in [2.24, 2.45) is 5.92 Å². The van der Waals surface area contributed by atoms with E-state index in [1.165, 1.54) is 64.7 Å². The van der Waals surface area contributed by atoms with Gasteiger partial charge in [0, 0.05) is 25.7 Å². The Morgan fingerprint density at radius 2 is 1.94 bits per heavy atom. The Kier molecular flexibility index (Phi) is 4.22. The number of hydrogen-bond acceptors (Lipinski definition) is 3. The van der Waals surface area contributed by atoms with E-state index in [0.29, 0.717) is 12.2 Å². The first-order valence-electron chi connectivity index (χ1n) is 7.91. The van der Waals surface area contributed by atoms with E-state index in [2.05, 4.69) is 17.1 Å². The highest BCUT2D eigenvalue weighted by molar-refractivity contribution is 4.84. The quantitative estimate of drug-likeness (QED) is 0.783. The highest BCUT2D eigenvalue weighted by atomic mass is 16.5. The molecule has 0 spiro atoms. The lowest BCUT2D eigenvalue weighted by atomic mass is 10.1. The first kappa shape index (κ1) is 12.9. The van der Waals surface area contributed by atoms with E-state index in [0.717, 1.165) is 12.0 Å². The maximum absolute atomic E-state index is 6.00. The Morgan fingerprint density at radius 3 is 2.56 bits per heavy atom. The predicted octanol–water partition coefficient (Wildman–Crippen LogP) is 2.02. The molecule has 0 aromatic rings. The molecule has 0 amide bonds. The molecule has 2 heterocycles. The molecule has 18 heavy (non-hydrogen) atoms. The zero-order valence-corrected chi connectivity index (χ0v) is 11.7. The van der Waals surface area contributed by atoms with Crippen molar-refractivity contribution >= 4 is 0 Å². The lowest BCUT2D eigenvalue weighted by molar-refractivity contribution is 0.0289. The first-order valence-corrected chi connectivity index (χ1v) is 7.91. The van der Waals surface area contributed by atoms with Crippen LogP contribution in [0.15, 0.2) is 0 Å². The van der Waals surface area contributed by atoms with E-state index in [1.807, 2.05) is 0 Å². The number of hydrogen-bond donors (Lipinski definition) is 1. The van der Waals surface area contributed by atoms with Crippen molar-refractivity contribution in [2.75, 3.05) is 26.2 Å². The third-order valence-corrected chi connectivity index (χ3v) is 4.64. The minimum atomic E-state index is 0.488. The van der Waals surface area contributed by atoms with Crippen LogP contribution < -0.4 is 5.32 Å². The smallest absolute Gasteiger partial charge is 0.0706 e. The van der Waals surface area contributed by atoms with Crippen molar-refractivity contribution in [3.05, 3.63) is 0 Å². The Hall–Kier alpha value is -0.120. The molecule has 104 valence electrons. The van der Waals surface area contributed by atoms with Crippen LogP contribution >= 0.6 is 0 Å². The van der Waals surface area contributed by atoms with Gasteiger partial charge >= 0.3 is 0 Å². The normalized spacial score (nSPS) is 36.7. The van der Waals surface area contributed by atoms with E-state index in [9.17, 15) is 0 Å². The van der Waals surface area contributed by atoms with Gasteiger partial charge in [-0.05, 0) is 57.9 Å². The summed E-state index contributed by atoms with van der Waals surface area (Å²) in [6.45, 7) is 7.15. The fourth-order valence-corrected chi connectivity index (χ4v) is 3.42. The molecule has 3 unspecified atom stereocenters. The van der Waals surface area contributed by atoms with Crippen molar-refractivity contribution in [1.29, 1.82) is 0 Å². The number of rotatable bonds is 6. The lowest BCUT2D eigenvalue weighted by Crippen LogP contribution is -2.42. The Bertz CT molecular complexity index is 261. The molecular weight excluding hydrogens is 224 g/mol. The van der Waals surface area contributed by atoms with Crippen molar-refractivity contribution in [3.63, 3.8) is 0 Å². The van der Waals surface area contributed by atoms with Gasteiger partial charge in [0.05, 0.1) is 12.2 Å². The molecule has 0 aromatic carbocycles. The molecule has 2 saturated heterocycles. The molecule has 3 fully saturated rings. The van der Waals surface area contributed by atoms with Crippen LogP contribution in [0, 0.1) is 5.92 Å². The van der Waals surface area contributed by atoms with Crippen molar-refractivity contribution < 1.29 is 4.74 Å². The second kappa shape index (κ2) is 5.89. The molecule has 3 aliphatic rings. The summed E-state index contributed by atoms with van der Waals surface area (Å²) in [4.78, 5) is 2.68. The van der Waals surface area contributed by atoms with Crippen LogP contribution in [-0.2, 0) is 4.74 Å². The van der Waals surface area contributed by atoms with Gasteiger partial charge in [0.15, 0.2) is 0 Å². The van der Waals surface area contributed by atoms with Crippen LogP contribution in [0.5, 0.6) is 0 Å². The van der Waals surface area contributed by atoms with Gasteiger partial charge in [-0.15, -0.1) is 0 Å². The van der Waals surface area contributed by atoms with Gasteiger partial charge in [-0.3, -0.25) is 4.90 Å². The molecule has 3 atom stereocenters. The monoisotopic (exact) mass is 252 g/mol. The summed E-state index contributed by atoms with van der Waals surface area (Å²) < 4.78 is 6.00. The summed E-state index contributed by atoms with van der Waals surface area (Å²) >= 11 is 0. The lowest BCUT2D eigenvalue weighted by Gasteiger charge is -2.28. The van der Waals surface area contributed by atoms with Crippen molar-refractivity contribution in [3.8, 4) is 0 Å². The zero-order chi connectivity index (χ0) is 12.4. The topological polar surface area (TPSA) is 24.5 Å². The second-order valence-electron chi connectivity index (χ2n) is 6.60. The molecule has 1 saturated carbocycles. The number of nitrogens with zero attached hydrogens (tertiary/aromatic N) is 1. The van der Waals surface area contributed by atoms with Crippen LogP contribution in [-0.4, -0.2) is 49.3 Å². The fourth-order valence-electron chi connectivity index (χ4n) is 3.42.